The molecule has 0 aromatic rings. The number of rotatable bonds is 3. The molecule has 0 saturated carbocycles. The lowest BCUT2D eigenvalue weighted by Gasteiger charge is -2.38. The topological polar surface area (TPSA) is 43.8 Å². The molecule has 0 amide bonds. The SMILES string of the molecule is CC(=CC(=O)O)CN1CCN(C)CC1C. The molecule has 1 heterocycles. The number of nitrogens with zero attached hydrogens (tertiary/aromatic N) is 2. The molecule has 0 bridgehead atoms. The summed E-state index contributed by atoms with van der Waals surface area (Å²) < 4.78 is 0. The summed E-state index contributed by atoms with van der Waals surface area (Å²) in [6.45, 7) is 7.96. The van der Waals surface area contributed by atoms with Gasteiger partial charge in [-0.2, -0.15) is 0 Å². The van der Waals surface area contributed by atoms with E-state index in [0.717, 1.165) is 31.8 Å². The van der Waals surface area contributed by atoms with Gasteiger partial charge in [0.1, 0.15) is 0 Å². The monoisotopic (exact) mass is 212 g/mol. The van der Waals surface area contributed by atoms with E-state index in [1.54, 1.807) is 0 Å². The second kappa shape index (κ2) is 5.28. The van der Waals surface area contributed by atoms with Gasteiger partial charge in [-0.3, -0.25) is 4.90 Å². The predicted molar refractivity (Wildman–Crippen MR) is 59.9 cm³/mol. The van der Waals surface area contributed by atoms with Crippen LogP contribution in [0.5, 0.6) is 0 Å². The van der Waals surface area contributed by atoms with Crippen LogP contribution >= 0.6 is 0 Å². The van der Waals surface area contributed by atoms with Crippen molar-refractivity contribution in [2.24, 2.45) is 0 Å². The molecule has 0 spiro atoms. The first-order valence-corrected chi connectivity index (χ1v) is 5.31. The first-order chi connectivity index (χ1) is 6.99. The van der Waals surface area contributed by atoms with Crippen LogP contribution in [-0.4, -0.2) is 60.1 Å². The van der Waals surface area contributed by atoms with Gasteiger partial charge in [-0.1, -0.05) is 5.57 Å². The Morgan fingerprint density at radius 2 is 2.20 bits per heavy atom. The second-order valence-electron chi connectivity index (χ2n) is 4.41. The van der Waals surface area contributed by atoms with Crippen LogP contribution < -0.4 is 0 Å². The molecule has 0 aromatic heterocycles. The minimum Gasteiger partial charge on any atom is -0.478 e. The number of carboxylic acids is 1. The van der Waals surface area contributed by atoms with E-state index in [4.69, 9.17) is 5.11 Å². The molecule has 0 aliphatic carbocycles. The normalized spacial score (nSPS) is 25.5. The third-order valence-corrected chi connectivity index (χ3v) is 2.79. The van der Waals surface area contributed by atoms with Gasteiger partial charge in [-0.05, 0) is 20.9 Å². The van der Waals surface area contributed by atoms with Gasteiger partial charge in [0.15, 0.2) is 0 Å². The molecule has 1 fully saturated rings. The fourth-order valence-corrected chi connectivity index (χ4v) is 1.99. The number of carbonyl (C=O) groups is 1. The van der Waals surface area contributed by atoms with Crippen LogP contribution in [0.1, 0.15) is 13.8 Å². The standard InChI is InChI=1S/C11H20N2O2/c1-9(6-11(14)15)7-13-5-4-12(3)8-10(13)2/h6,10H,4-5,7-8H2,1-3H3,(H,14,15). The minimum absolute atomic E-state index is 0.501. The average Bonchev–Trinajstić information content (AvgIpc) is 2.08. The zero-order chi connectivity index (χ0) is 11.4. The van der Waals surface area contributed by atoms with E-state index in [-0.39, 0.29) is 0 Å². The van der Waals surface area contributed by atoms with Gasteiger partial charge >= 0.3 is 5.97 Å². The molecule has 0 aromatic carbocycles. The highest BCUT2D eigenvalue weighted by Crippen LogP contribution is 2.10. The Kier molecular flexibility index (Phi) is 4.29. The molecule has 1 N–H and O–H groups in total. The highest BCUT2D eigenvalue weighted by atomic mass is 16.4. The van der Waals surface area contributed by atoms with Crippen molar-refractivity contribution >= 4 is 5.97 Å². The number of likely N-dealkylation sites (N-methyl/N-ethyl adjacent to an activating group) is 1. The van der Waals surface area contributed by atoms with Gasteiger partial charge in [-0.15, -0.1) is 0 Å². The molecule has 4 nitrogen and oxygen atoms in total. The van der Waals surface area contributed by atoms with E-state index in [1.807, 2.05) is 6.92 Å². The largest absolute Gasteiger partial charge is 0.478 e. The molecular weight excluding hydrogens is 192 g/mol. The molecule has 1 unspecified atom stereocenters. The number of piperazine rings is 1. The highest BCUT2D eigenvalue weighted by Gasteiger charge is 2.21. The Morgan fingerprint density at radius 1 is 1.53 bits per heavy atom. The Morgan fingerprint density at radius 3 is 2.73 bits per heavy atom. The van der Waals surface area contributed by atoms with E-state index < -0.39 is 5.97 Å². The molecule has 1 atom stereocenters. The Labute approximate surface area is 91.2 Å². The summed E-state index contributed by atoms with van der Waals surface area (Å²) in [5.41, 5.74) is 0.916. The second-order valence-corrected chi connectivity index (χ2v) is 4.41. The summed E-state index contributed by atoms with van der Waals surface area (Å²) in [6.07, 6.45) is 1.30. The Balaban J connectivity index is 2.48. The quantitative estimate of drug-likeness (QED) is 0.698. The van der Waals surface area contributed by atoms with Crippen molar-refractivity contribution in [2.75, 3.05) is 33.2 Å². The third-order valence-electron chi connectivity index (χ3n) is 2.79. The molecule has 1 saturated heterocycles. The summed E-state index contributed by atoms with van der Waals surface area (Å²) in [5.74, 6) is -0.853. The Hall–Kier alpha value is -0.870. The van der Waals surface area contributed by atoms with Crippen LogP contribution in [0.4, 0.5) is 0 Å². The Bertz CT molecular complexity index is 263. The van der Waals surface area contributed by atoms with E-state index in [9.17, 15) is 4.79 Å². The van der Waals surface area contributed by atoms with Crippen molar-refractivity contribution in [1.29, 1.82) is 0 Å². The first-order valence-electron chi connectivity index (χ1n) is 5.31. The smallest absolute Gasteiger partial charge is 0.328 e. The molecule has 0 radical (unpaired) electrons. The predicted octanol–water partition coefficient (Wildman–Crippen LogP) is 0.653. The van der Waals surface area contributed by atoms with E-state index in [1.165, 1.54) is 6.08 Å². The number of aliphatic carboxylic acids is 1. The summed E-state index contributed by atoms with van der Waals surface area (Å²) in [7, 11) is 2.12. The summed E-state index contributed by atoms with van der Waals surface area (Å²) in [5, 5.41) is 8.62. The maximum Gasteiger partial charge on any atom is 0.328 e. The van der Waals surface area contributed by atoms with Crippen molar-refractivity contribution in [3.05, 3.63) is 11.6 Å². The minimum atomic E-state index is -0.853. The maximum absolute atomic E-state index is 10.5. The summed E-state index contributed by atoms with van der Waals surface area (Å²) in [6, 6.07) is 0.501. The van der Waals surface area contributed by atoms with Crippen molar-refractivity contribution in [1.82, 2.24) is 9.80 Å². The third kappa shape index (κ3) is 4.01. The zero-order valence-corrected chi connectivity index (χ0v) is 9.73. The molecule has 1 aliphatic rings. The lowest BCUT2D eigenvalue weighted by atomic mass is 10.1. The molecular formula is C11H20N2O2. The van der Waals surface area contributed by atoms with Crippen LogP contribution in [0.25, 0.3) is 0 Å². The number of hydrogen-bond acceptors (Lipinski definition) is 3. The molecule has 4 heteroatoms. The average molecular weight is 212 g/mol. The van der Waals surface area contributed by atoms with Crippen LogP contribution in [0.3, 0.4) is 0 Å². The lowest BCUT2D eigenvalue weighted by Crippen LogP contribution is -2.50. The van der Waals surface area contributed by atoms with Crippen molar-refractivity contribution in [3.8, 4) is 0 Å². The van der Waals surface area contributed by atoms with Gasteiger partial charge in [0.05, 0.1) is 0 Å². The van der Waals surface area contributed by atoms with Crippen LogP contribution in [-0.2, 0) is 4.79 Å². The summed E-state index contributed by atoms with van der Waals surface area (Å²) >= 11 is 0. The van der Waals surface area contributed by atoms with Crippen molar-refractivity contribution in [3.63, 3.8) is 0 Å². The molecule has 1 rings (SSSR count). The molecule has 15 heavy (non-hydrogen) atoms. The van der Waals surface area contributed by atoms with Crippen molar-refractivity contribution < 1.29 is 9.90 Å². The molecule has 86 valence electrons. The fraction of sp³-hybridized carbons (Fsp3) is 0.727. The van der Waals surface area contributed by atoms with E-state index in [2.05, 4.69) is 23.8 Å². The zero-order valence-electron chi connectivity index (χ0n) is 9.73. The van der Waals surface area contributed by atoms with Gasteiger partial charge in [0, 0.05) is 38.3 Å². The molecule has 1 aliphatic heterocycles. The van der Waals surface area contributed by atoms with E-state index >= 15 is 0 Å². The maximum atomic E-state index is 10.5. The van der Waals surface area contributed by atoms with Gasteiger partial charge in [0.2, 0.25) is 0 Å². The van der Waals surface area contributed by atoms with Crippen molar-refractivity contribution in [2.45, 2.75) is 19.9 Å². The fourth-order valence-electron chi connectivity index (χ4n) is 1.99. The number of carboxylic acid groups (broad SMARTS) is 1. The van der Waals surface area contributed by atoms with Crippen LogP contribution in [0.15, 0.2) is 11.6 Å². The van der Waals surface area contributed by atoms with E-state index in [0.29, 0.717) is 6.04 Å². The highest BCUT2D eigenvalue weighted by molar-refractivity contribution is 5.80. The van der Waals surface area contributed by atoms with Gasteiger partial charge in [0.25, 0.3) is 0 Å². The number of hydrogen-bond donors (Lipinski definition) is 1. The summed E-state index contributed by atoms with van der Waals surface area (Å²) in [4.78, 5) is 15.1. The van der Waals surface area contributed by atoms with Crippen LogP contribution in [0.2, 0.25) is 0 Å². The van der Waals surface area contributed by atoms with Crippen LogP contribution in [0, 0.1) is 0 Å². The van der Waals surface area contributed by atoms with Gasteiger partial charge in [-0.25, -0.2) is 4.79 Å². The van der Waals surface area contributed by atoms with Gasteiger partial charge < -0.3 is 10.0 Å². The first kappa shape index (κ1) is 12.2. The lowest BCUT2D eigenvalue weighted by molar-refractivity contribution is -0.131.